The van der Waals surface area contributed by atoms with Crippen molar-refractivity contribution < 1.29 is 22.3 Å². The molecule has 0 aliphatic carbocycles. The van der Waals surface area contributed by atoms with Crippen LogP contribution in [0.25, 0.3) is 0 Å². The SMILES string of the molecule is N#CC(COc1ccc(F)c(Br)c1)C(F)(F)F. The Hall–Kier alpha value is -1.29. The third-order valence-electron chi connectivity index (χ3n) is 1.86. The van der Waals surface area contributed by atoms with E-state index in [1.807, 2.05) is 0 Å². The lowest BCUT2D eigenvalue weighted by molar-refractivity contribution is -0.165. The molecular formula is C10H6BrF4NO. The molecule has 17 heavy (non-hydrogen) atoms. The summed E-state index contributed by atoms with van der Waals surface area (Å²) in [5, 5.41) is 8.32. The van der Waals surface area contributed by atoms with Gasteiger partial charge in [0.1, 0.15) is 18.2 Å². The highest BCUT2D eigenvalue weighted by Gasteiger charge is 2.40. The predicted molar refractivity (Wildman–Crippen MR) is 54.8 cm³/mol. The van der Waals surface area contributed by atoms with E-state index in [2.05, 4.69) is 15.9 Å². The summed E-state index contributed by atoms with van der Waals surface area (Å²) in [4.78, 5) is 0. The quantitative estimate of drug-likeness (QED) is 0.798. The summed E-state index contributed by atoms with van der Waals surface area (Å²) in [7, 11) is 0. The van der Waals surface area contributed by atoms with E-state index in [4.69, 9.17) is 10.00 Å². The number of nitriles is 1. The Morgan fingerprint density at radius 1 is 1.41 bits per heavy atom. The van der Waals surface area contributed by atoms with Gasteiger partial charge in [-0.2, -0.15) is 18.4 Å². The van der Waals surface area contributed by atoms with E-state index >= 15 is 0 Å². The van der Waals surface area contributed by atoms with Gasteiger partial charge >= 0.3 is 6.18 Å². The zero-order valence-corrected chi connectivity index (χ0v) is 9.85. The van der Waals surface area contributed by atoms with Crippen LogP contribution in [0.5, 0.6) is 5.75 Å². The molecule has 1 aromatic carbocycles. The number of nitrogens with zero attached hydrogens (tertiary/aromatic N) is 1. The van der Waals surface area contributed by atoms with E-state index in [1.54, 1.807) is 0 Å². The lowest BCUT2D eigenvalue weighted by Gasteiger charge is -2.14. The summed E-state index contributed by atoms with van der Waals surface area (Å²) in [6.07, 6.45) is -4.63. The molecule has 1 rings (SSSR count). The van der Waals surface area contributed by atoms with Gasteiger partial charge in [-0.25, -0.2) is 4.39 Å². The third-order valence-corrected chi connectivity index (χ3v) is 2.47. The van der Waals surface area contributed by atoms with Crippen LogP contribution in [0, 0.1) is 23.1 Å². The molecule has 2 nitrogen and oxygen atoms in total. The molecule has 92 valence electrons. The summed E-state index contributed by atoms with van der Waals surface area (Å²) in [6.45, 7) is -0.821. The van der Waals surface area contributed by atoms with Crippen molar-refractivity contribution in [2.45, 2.75) is 6.18 Å². The minimum absolute atomic E-state index is 0.0581. The Morgan fingerprint density at radius 3 is 2.53 bits per heavy atom. The van der Waals surface area contributed by atoms with Gasteiger partial charge in [-0.05, 0) is 34.1 Å². The van der Waals surface area contributed by atoms with Gasteiger partial charge in [-0.1, -0.05) is 0 Å². The fourth-order valence-electron chi connectivity index (χ4n) is 0.951. The maximum atomic E-state index is 12.8. The second kappa shape index (κ2) is 5.36. The van der Waals surface area contributed by atoms with Gasteiger partial charge < -0.3 is 4.74 Å². The van der Waals surface area contributed by atoms with E-state index in [9.17, 15) is 17.6 Å². The first-order valence-electron chi connectivity index (χ1n) is 4.38. The highest BCUT2D eigenvalue weighted by atomic mass is 79.9. The fraction of sp³-hybridized carbons (Fsp3) is 0.300. The second-order valence-electron chi connectivity index (χ2n) is 3.11. The fourth-order valence-corrected chi connectivity index (χ4v) is 1.31. The van der Waals surface area contributed by atoms with Crippen molar-refractivity contribution in [2.24, 2.45) is 5.92 Å². The molecule has 0 aliphatic rings. The van der Waals surface area contributed by atoms with Crippen LogP contribution in [0.4, 0.5) is 17.6 Å². The van der Waals surface area contributed by atoms with Crippen molar-refractivity contribution in [2.75, 3.05) is 6.61 Å². The van der Waals surface area contributed by atoms with Gasteiger partial charge in [0.25, 0.3) is 0 Å². The van der Waals surface area contributed by atoms with E-state index in [1.165, 1.54) is 12.1 Å². The summed E-state index contributed by atoms with van der Waals surface area (Å²) in [5.41, 5.74) is 0. The molecule has 0 heterocycles. The van der Waals surface area contributed by atoms with Gasteiger partial charge in [0, 0.05) is 0 Å². The molecule has 0 aliphatic heterocycles. The van der Waals surface area contributed by atoms with Crippen molar-refractivity contribution in [1.29, 1.82) is 5.26 Å². The highest BCUT2D eigenvalue weighted by Crippen LogP contribution is 2.27. The number of ether oxygens (including phenoxy) is 1. The molecule has 0 bridgehead atoms. The summed E-state index contributed by atoms with van der Waals surface area (Å²) in [5.74, 6) is -2.70. The molecule has 0 N–H and O–H groups in total. The minimum Gasteiger partial charge on any atom is -0.492 e. The van der Waals surface area contributed by atoms with E-state index in [-0.39, 0.29) is 10.2 Å². The second-order valence-corrected chi connectivity index (χ2v) is 3.96. The highest BCUT2D eigenvalue weighted by molar-refractivity contribution is 9.10. The molecule has 0 fully saturated rings. The van der Waals surface area contributed by atoms with Crippen molar-refractivity contribution in [1.82, 2.24) is 0 Å². The molecule has 0 spiro atoms. The Balaban J connectivity index is 2.67. The topological polar surface area (TPSA) is 33.0 Å². The number of benzene rings is 1. The van der Waals surface area contributed by atoms with E-state index < -0.39 is 24.5 Å². The largest absolute Gasteiger partial charge is 0.492 e. The van der Waals surface area contributed by atoms with Crippen LogP contribution in [-0.4, -0.2) is 12.8 Å². The average Bonchev–Trinajstić information content (AvgIpc) is 2.22. The number of hydrogen-bond acceptors (Lipinski definition) is 2. The zero-order chi connectivity index (χ0) is 13.1. The third kappa shape index (κ3) is 3.89. The molecule has 0 saturated carbocycles. The van der Waals surface area contributed by atoms with Gasteiger partial charge in [-0.3, -0.25) is 0 Å². The van der Waals surface area contributed by atoms with Crippen LogP contribution >= 0.6 is 15.9 Å². The van der Waals surface area contributed by atoms with E-state index in [0.717, 1.165) is 12.1 Å². The number of rotatable bonds is 3. The van der Waals surface area contributed by atoms with Crippen molar-refractivity contribution in [3.8, 4) is 11.8 Å². The van der Waals surface area contributed by atoms with Crippen LogP contribution in [-0.2, 0) is 0 Å². The van der Waals surface area contributed by atoms with Crippen LogP contribution in [0.15, 0.2) is 22.7 Å². The predicted octanol–water partition coefficient (Wildman–Crippen LogP) is 3.67. The van der Waals surface area contributed by atoms with Crippen molar-refractivity contribution >= 4 is 15.9 Å². The monoisotopic (exact) mass is 311 g/mol. The zero-order valence-electron chi connectivity index (χ0n) is 8.26. The first-order chi connectivity index (χ1) is 7.84. The molecule has 0 radical (unpaired) electrons. The maximum Gasteiger partial charge on any atom is 0.407 e. The standard InChI is InChI=1S/C10H6BrF4NO/c11-8-3-7(1-2-9(8)12)17-5-6(4-16)10(13,14)15/h1-3,6H,5H2. The van der Waals surface area contributed by atoms with Gasteiger partial charge in [0.15, 0.2) is 5.92 Å². The molecule has 1 unspecified atom stereocenters. The number of alkyl halides is 3. The average molecular weight is 312 g/mol. The van der Waals surface area contributed by atoms with Crippen LogP contribution in [0.1, 0.15) is 0 Å². The van der Waals surface area contributed by atoms with Gasteiger partial charge in [0.2, 0.25) is 0 Å². The molecule has 1 aromatic rings. The van der Waals surface area contributed by atoms with Gasteiger partial charge in [-0.15, -0.1) is 0 Å². The molecule has 7 heteroatoms. The molecule has 0 amide bonds. The lowest BCUT2D eigenvalue weighted by atomic mass is 10.2. The summed E-state index contributed by atoms with van der Waals surface area (Å²) in [6, 6.07) is 4.53. The smallest absolute Gasteiger partial charge is 0.407 e. The normalized spacial score (nSPS) is 12.9. The van der Waals surface area contributed by atoms with E-state index in [0.29, 0.717) is 0 Å². The van der Waals surface area contributed by atoms with Gasteiger partial charge in [0.05, 0.1) is 10.5 Å². The molecule has 0 aromatic heterocycles. The minimum atomic E-state index is -4.63. The molecule has 0 saturated heterocycles. The molecule has 1 atom stereocenters. The number of hydrogen-bond donors (Lipinski definition) is 0. The van der Waals surface area contributed by atoms with Crippen LogP contribution in [0.3, 0.4) is 0 Å². The first kappa shape index (κ1) is 13.8. The van der Waals surface area contributed by atoms with Crippen LogP contribution in [0.2, 0.25) is 0 Å². The van der Waals surface area contributed by atoms with Crippen LogP contribution < -0.4 is 4.74 Å². The Bertz CT molecular complexity index is 441. The lowest BCUT2D eigenvalue weighted by Crippen LogP contribution is -2.27. The van der Waals surface area contributed by atoms with Crippen molar-refractivity contribution in [3.05, 3.63) is 28.5 Å². The Morgan fingerprint density at radius 2 is 2.06 bits per heavy atom. The Kier molecular flexibility index (Phi) is 4.34. The Labute approximate surface area is 103 Å². The first-order valence-corrected chi connectivity index (χ1v) is 5.18. The summed E-state index contributed by atoms with van der Waals surface area (Å²) < 4.78 is 54.3. The summed E-state index contributed by atoms with van der Waals surface area (Å²) >= 11 is 2.87. The van der Waals surface area contributed by atoms with Crippen molar-refractivity contribution in [3.63, 3.8) is 0 Å². The number of halogens is 5. The maximum absolute atomic E-state index is 12.8. The molecular weight excluding hydrogens is 306 g/mol.